The third-order valence-corrected chi connectivity index (χ3v) is 3.24. The minimum atomic E-state index is 0.649. The Morgan fingerprint density at radius 3 is 2.55 bits per heavy atom. The van der Waals surface area contributed by atoms with Crippen molar-refractivity contribution in [3.05, 3.63) is 54.1 Å². The highest BCUT2D eigenvalue weighted by Gasteiger charge is 2.05. The minimum Gasteiger partial charge on any atom is -0.494 e. The van der Waals surface area contributed by atoms with E-state index in [0.717, 1.165) is 30.1 Å². The van der Waals surface area contributed by atoms with Gasteiger partial charge in [-0.1, -0.05) is 30.3 Å². The molecule has 20 heavy (non-hydrogen) atoms. The van der Waals surface area contributed by atoms with Crippen LogP contribution in [0.3, 0.4) is 0 Å². The average Bonchev–Trinajstić information content (AvgIpc) is 2.45. The molecule has 2 aromatic rings. The first-order valence-corrected chi connectivity index (χ1v) is 6.97. The Morgan fingerprint density at radius 1 is 1.10 bits per heavy atom. The summed E-state index contributed by atoms with van der Waals surface area (Å²) in [5, 5.41) is 0. The van der Waals surface area contributed by atoms with Crippen LogP contribution in [0.5, 0.6) is 5.75 Å². The summed E-state index contributed by atoms with van der Waals surface area (Å²) in [7, 11) is 2.08. The molecule has 0 aromatic heterocycles. The second-order valence-corrected chi connectivity index (χ2v) is 4.85. The second-order valence-electron chi connectivity index (χ2n) is 4.85. The quantitative estimate of drug-likeness (QED) is 0.818. The summed E-state index contributed by atoms with van der Waals surface area (Å²) >= 11 is 0. The Morgan fingerprint density at radius 2 is 1.85 bits per heavy atom. The van der Waals surface area contributed by atoms with Gasteiger partial charge in [-0.25, -0.2) is 0 Å². The van der Waals surface area contributed by atoms with Gasteiger partial charge in [0.05, 0.1) is 6.61 Å². The molecular weight excluding hydrogens is 248 g/mol. The molecule has 0 fully saturated rings. The molecule has 0 aliphatic rings. The summed E-state index contributed by atoms with van der Waals surface area (Å²) in [6.45, 7) is 3.57. The lowest BCUT2D eigenvalue weighted by atomic mass is 10.1. The van der Waals surface area contributed by atoms with E-state index in [1.54, 1.807) is 0 Å². The Hall–Kier alpha value is -2.16. The van der Waals surface area contributed by atoms with Crippen LogP contribution in [0.25, 0.3) is 0 Å². The van der Waals surface area contributed by atoms with Crippen molar-refractivity contribution in [2.75, 3.05) is 30.8 Å². The Labute approximate surface area is 121 Å². The average molecular weight is 270 g/mol. The first-order chi connectivity index (χ1) is 9.69. The fourth-order valence-electron chi connectivity index (χ4n) is 2.15. The van der Waals surface area contributed by atoms with E-state index < -0.39 is 0 Å². The van der Waals surface area contributed by atoms with Crippen molar-refractivity contribution in [1.29, 1.82) is 0 Å². The third kappa shape index (κ3) is 3.92. The molecule has 0 radical (unpaired) electrons. The summed E-state index contributed by atoms with van der Waals surface area (Å²) in [4.78, 5) is 2.20. The van der Waals surface area contributed by atoms with E-state index in [2.05, 4.69) is 36.2 Å². The number of hydrogen-bond acceptors (Lipinski definition) is 3. The fraction of sp³-hybridized carbons (Fsp3) is 0.294. The smallest absolute Gasteiger partial charge is 0.123 e. The van der Waals surface area contributed by atoms with E-state index in [1.165, 1.54) is 5.56 Å². The number of nitrogens with zero attached hydrogens (tertiary/aromatic N) is 1. The highest BCUT2D eigenvalue weighted by Crippen LogP contribution is 2.25. The molecule has 106 valence electrons. The van der Waals surface area contributed by atoms with Crippen LogP contribution in [0.1, 0.15) is 12.5 Å². The van der Waals surface area contributed by atoms with Crippen molar-refractivity contribution in [2.24, 2.45) is 0 Å². The Bertz CT molecular complexity index is 540. The van der Waals surface area contributed by atoms with Gasteiger partial charge in [0.1, 0.15) is 5.75 Å². The van der Waals surface area contributed by atoms with Gasteiger partial charge in [-0.05, 0) is 25.0 Å². The van der Waals surface area contributed by atoms with E-state index in [9.17, 15) is 0 Å². The Balaban J connectivity index is 2.03. The summed E-state index contributed by atoms with van der Waals surface area (Å²) in [6.07, 6.45) is 1.01. The highest BCUT2D eigenvalue weighted by molar-refractivity contribution is 5.60. The molecule has 3 nitrogen and oxygen atoms in total. The van der Waals surface area contributed by atoms with Crippen LogP contribution in [0, 0.1) is 0 Å². The molecule has 2 N–H and O–H groups in total. The lowest BCUT2D eigenvalue weighted by Gasteiger charge is -2.20. The van der Waals surface area contributed by atoms with Crippen LogP contribution in [0.4, 0.5) is 11.4 Å². The zero-order valence-electron chi connectivity index (χ0n) is 12.2. The molecule has 0 bridgehead atoms. The minimum absolute atomic E-state index is 0.649. The zero-order chi connectivity index (χ0) is 14.4. The van der Waals surface area contributed by atoms with Crippen LogP contribution in [0.2, 0.25) is 0 Å². The molecule has 0 saturated heterocycles. The van der Waals surface area contributed by atoms with Crippen LogP contribution in [-0.2, 0) is 6.42 Å². The van der Waals surface area contributed by atoms with Crippen LogP contribution >= 0.6 is 0 Å². The standard InChI is InChI=1S/C17H22N2O/c1-3-20-17-12-15(18)11-16(13-17)19(2)10-9-14-7-5-4-6-8-14/h4-8,11-13H,3,9-10,18H2,1-2H3. The molecule has 0 saturated carbocycles. The maximum atomic E-state index is 5.93. The SMILES string of the molecule is CCOc1cc(N)cc(N(C)CCc2ccccc2)c1. The lowest BCUT2D eigenvalue weighted by Crippen LogP contribution is -2.20. The zero-order valence-corrected chi connectivity index (χ0v) is 12.2. The van der Waals surface area contributed by atoms with Gasteiger partial charge < -0.3 is 15.4 Å². The maximum Gasteiger partial charge on any atom is 0.123 e. The molecule has 2 aromatic carbocycles. The number of rotatable bonds is 6. The predicted octanol–water partition coefficient (Wildman–Crippen LogP) is 3.35. The fourth-order valence-corrected chi connectivity index (χ4v) is 2.15. The number of hydrogen-bond donors (Lipinski definition) is 1. The number of ether oxygens (including phenoxy) is 1. The second kappa shape index (κ2) is 6.85. The number of benzene rings is 2. The predicted molar refractivity (Wildman–Crippen MR) is 85.4 cm³/mol. The van der Waals surface area contributed by atoms with E-state index in [1.807, 2.05) is 31.2 Å². The van der Waals surface area contributed by atoms with E-state index in [0.29, 0.717) is 6.61 Å². The summed E-state index contributed by atoms with van der Waals surface area (Å²) in [5.74, 6) is 0.828. The summed E-state index contributed by atoms with van der Waals surface area (Å²) < 4.78 is 5.53. The van der Waals surface area contributed by atoms with Crippen molar-refractivity contribution in [3.8, 4) is 5.75 Å². The molecule has 2 rings (SSSR count). The molecule has 0 heterocycles. The van der Waals surface area contributed by atoms with Crippen molar-refractivity contribution in [3.63, 3.8) is 0 Å². The summed E-state index contributed by atoms with van der Waals surface area (Å²) in [6, 6.07) is 16.4. The molecule has 0 aliphatic carbocycles. The molecule has 0 amide bonds. The third-order valence-electron chi connectivity index (χ3n) is 3.24. The first kappa shape index (κ1) is 14.3. The monoisotopic (exact) mass is 270 g/mol. The summed E-state index contributed by atoms with van der Waals surface area (Å²) in [5.41, 5.74) is 9.09. The number of anilines is 2. The van der Waals surface area contributed by atoms with Crippen molar-refractivity contribution < 1.29 is 4.74 Å². The van der Waals surface area contributed by atoms with Crippen molar-refractivity contribution in [2.45, 2.75) is 13.3 Å². The topological polar surface area (TPSA) is 38.5 Å². The molecule has 0 unspecified atom stereocenters. The number of likely N-dealkylation sites (N-methyl/N-ethyl adjacent to an activating group) is 1. The molecule has 3 heteroatoms. The van der Waals surface area contributed by atoms with E-state index >= 15 is 0 Å². The van der Waals surface area contributed by atoms with Gasteiger partial charge in [0.25, 0.3) is 0 Å². The number of nitrogen functional groups attached to an aromatic ring is 1. The first-order valence-electron chi connectivity index (χ1n) is 6.97. The van der Waals surface area contributed by atoms with E-state index in [-0.39, 0.29) is 0 Å². The highest BCUT2D eigenvalue weighted by atomic mass is 16.5. The Kier molecular flexibility index (Phi) is 4.88. The van der Waals surface area contributed by atoms with Gasteiger partial charge in [0, 0.05) is 37.1 Å². The lowest BCUT2D eigenvalue weighted by molar-refractivity contribution is 0.340. The van der Waals surface area contributed by atoms with Gasteiger partial charge in [-0.3, -0.25) is 0 Å². The molecule has 0 atom stereocenters. The van der Waals surface area contributed by atoms with Gasteiger partial charge in [-0.2, -0.15) is 0 Å². The normalized spacial score (nSPS) is 10.3. The molecule has 0 aliphatic heterocycles. The largest absolute Gasteiger partial charge is 0.494 e. The van der Waals surface area contributed by atoms with Crippen LogP contribution in [0.15, 0.2) is 48.5 Å². The number of nitrogens with two attached hydrogens (primary N) is 1. The van der Waals surface area contributed by atoms with Gasteiger partial charge in [-0.15, -0.1) is 0 Å². The van der Waals surface area contributed by atoms with Gasteiger partial charge in [0.15, 0.2) is 0 Å². The van der Waals surface area contributed by atoms with Crippen LogP contribution in [-0.4, -0.2) is 20.2 Å². The van der Waals surface area contributed by atoms with Crippen molar-refractivity contribution >= 4 is 11.4 Å². The molecule has 0 spiro atoms. The van der Waals surface area contributed by atoms with Gasteiger partial charge >= 0.3 is 0 Å². The van der Waals surface area contributed by atoms with Crippen molar-refractivity contribution in [1.82, 2.24) is 0 Å². The van der Waals surface area contributed by atoms with E-state index in [4.69, 9.17) is 10.5 Å². The maximum absolute atomic E-state index is 5.93. The van der Waals surface area contributed by atoms with Crippen LogP contribution < -0.4 is 15.4 Å². The molecular formula is C17H22N2O. The van der Waals surface area contributed by atoms with Gasteiger partial charge in [0.2, 0.25) is 0 Å².